The number of hydrogen-bond donors (Lipinski definition) is 1. The Labute approximate surface area is 196 Å². The van der Waals surface area contributed by atoms with Crippen molar-refractivity contribution in [3.8, 4) is 5.75 Å². The first-order valence-electron chi connectivity index (χ1n) is 10.7. The molecular formula is C26H22N2O6. The molecule has 1 aliphatic heterocycles. The summed E-state index contributed by atoms with van der Waals surface area (Å²) in [6, 6.07) is 20.0. The summed E-state index contributed by atoms with van der Waals surface area (Å²) in [6.07, 6.45) is 0. The lowest BCUT2D eigenvalue weighted by Crippen LogP contribution is -2.32. The van der Waals surface area contributed by atoms with Crippen LogP contribution < -0.4 is 15.0 Å². The fourth-order valence-corrected chi connectivity index (χ4v) is 3.50. The maximum absolute atomic E-state index is 12.6. The van der Waals surface area contributed by atoms with Gasteiger partial charge < -0.3 is 14.8 Å². The molecule has 4 rings (SSSR count). The van der Waals surface area contributed by atoms with Crippen molar-refractivity contribution >= 4 is 29.4 Å². The van der Waals surface area contributed by atoms with Crippen molar-refractivity contribution in [2.45, 2.75) is 6.92 Å². The molecule has 1 N–H and O–H groups in total. The van der Waals surface area contributed by atoms with Gasteiger partial charge in [-0.1, -0.05) is 24.3 Å². The van der Waals surface area contributed by atoms with E-state index in [1.165, 1.54) is 24.3 Å². The van der Waals surface area contributed by atoms with Gasteiger partial charge >= 0.3 is 5.97 Å². The second kappa shape index (κ2) is 9.99. The molecule has 0 aromatic heterocycles. The molecule has 0 atom stereocenters. The van der Waals surface area contributed by atoms with Crippen LogP contribution in [0.25, 0.3) is 0 Å². The van der Waals surface area contributed by atoms with E-state index in [2.05, 4.69) is 5.32 Å². The van der Waals surface area contributed by atoms with Crippen LogP contribution in [0.1, 0.15) is 36.6 Å². The van der Waals surface area contributed by atoms with E-state index in [-0.39, 0.29) is 18.7 Å². The van der Waals surface area contributed by atoms with E-state index in [4.69, 9.17) is 9.47 Å². The lowest BCUT2D eigenvalue weighted by molar-refractivity contribution is -0.124. The first-order valence-corrected chi connectivity index (χ1v) is 10.7. The average molecular weight is 458 g/mol. The van der Waals surface area contributed by atoms with E-state index in [1.807, 2.05) is 31.2 Å². The fraction of sp³-hybridized carbons (Fsp3) is 0.154. The summed E-state index contributed by atoms with van der Waals surface area (Å²) < 4.78 is 10.6. The minimum absolute atomic E-state index is 0.191. The third-order valence-electron chi connectivity index (χ3n) is 5.17. The number of anilines is 1. The predicted molar refractivity (Wildman–Crippen MR) is 124 cm³/mol. The maximum Gasteiger partial charge on any atom is 0.338 e. The van der Waals surface area contributed by atoms with Crippen LogP contribution in [-0.4, -0.2) is 43.4 Å². The minimum Gasteiger partial charge on any atom is -0.492 e. The molecule has 3 aromatic carbocycles. The molecule has 1 aliphatic rings. The highest BCUT2D eigenvalue weighted by Crippen LogP contribution is 2.28. The maximum atomic E-state index is 12.6. The molecule has 8 nitrogen and oxygen atoms in total. The molecule has 0 fully saturated rings. The number of hydrogen-bond acceptors (Lipinski definition) is 6. The van der Waals surface area contributed by atoms with E-state index < -0.39 is 30.3 Å². The third kappa shape index (κ3) is 4.96. The molecule has 8 heteroatoms. The van der Waals surface area contributed by atoms with Gasteiger partial charge in [0.05, 0.1) is 28.9 Å². The lowest BCUT2D eigenvalue weighted by Gasteiger charge is -2.14. The number of fused-ring (bicyclic) bond motifs is 1. The molecule has 3 amide bonds. The number of benzene rings is 3. The van der Waals surface area contributed by atoms with Gasteiger partial charge in [-0.15, -0.1) is 0 Å². The Balaban J connectivity index is 1.24. The summed E-state index contributed by atoms with van der Waals surface area (Å²) in [5.41, 5.74) is 2.29. The largest absolute Gasteiger partial charge is 0.492 e. The smallest absolute Gasteiger partial charge is 0.338 e. The molecule has 172 valence electrons. The number of amides is 3. The molecule has 1 heterocycles. The van der Waals surface area contributed by atoms with Crippen molar-refractivity contribution in [1.29, 1.82) is 0 Å². The second-order valence-electron chi connectivity index (χ2n) is 7.63. The van der Waals surface area contributed by atoms with E-state index in [0.717, 1.165) is 10.5 Å². The number of esters is 1. The standard InChI is InChI=1S/C26H22N2O6/c1-17-5-4-6-20(15-17)33-14-13-27-23(29)16-34-26(32)18-9-11-19(12-10-18)28-24(30)21-7-2-3-8-22(21)25(28)31/h2-12,15H,13-14,16H2,1H3,(H,27,29). The summed E-state index contributed by atoms with van der Waals surface area (Å²) in [6.45, 7) is 2.06. The van der Waals surface area contributed by atoms with Crippen molar-refractivity contribution in [3.05, 3.63) is 95.1 Å². The van der Waals surface area contributed by atoms with Crippen LogP contribution in [0.4, 0.5) is 5.69 Å². The number of nitrogens with one attached hydrogen (secondary N) is 1. The van der Waals surface area contributed by atoms with Crippen molar-refractivity contribution < 1.29 is 28.7 Å². The van der Waals surface area contributed by atoms with Crippen molar-refractivity contribution in [2.24, 2.45) is 0 Å². The Morgan fingerprint density at radius 3 is 2.21 bits per heavy atom. The van der Waals surface area contributed by atoms with Crippen LogP contribution in [0.5, 0.6) is 5.75 Å². The molecule has 0 radical (unpaired) electrons. The van der Waals surface area contributed by atoms with E-state index in [1.54, 1.807) is 24.3 Å². The van der Waals surface area contributed by atoms with Gasteiger partial charge in [-0.2, -0.15) is 0 Å². The van der Waals surface area contributed by atoms with Gasteiger partial charge in [0.25, 0.3) is 17.7 Å². The van der Waals surface area contributed by atoms with Crippen LogP contribution >= 0.6 is 0 Å². The first kappa shape index (κ1) is 22.7. The minimum atomic E-state index is -0.694. The predicted octanol–water partition coefficient (Wildman–Crippen LogP) is 3.15. The number of ether oxygens (including phenoxy) is 2. The Morgan fingerprint density at radius 1 is 0.882 bits per heavy atom. The molecule has 0 saturated heterocycles. The topological polar surface area (TPSA) is 102 Å². The third-order valence-corrected chi connectivity index (χ3v) is 5.17. The SMILES string of the molecule is Cc1cccc(OCCNC(=O)COC(=O)c2ccc(N3C(=O)c4ccccc4C3=O)cc2)c1. The Hall–Kier alpha value is -4.46. The van der Waals surface area contributed by atoms with Crippen LogP contribution in [0, 0.1) is 6.92 Å². The average Bonchev–Trinajstić information content (AvgIpc) is 3.10. The van der Waals surface area contributed by atoms with E-state index in [0.29, 0.717) is 22.6 Å². The van der Waals surface area contributed by atoms with Crippen LogP contribution in [0.3, 0.4) is 0 Å². The molecule has 0 unspecified atom stereocenters. The second-order valence-corrected chi connectivity index (χ2v) is 7.63. The highest BCUT2D eigenvalue weighted by molar-refractivity contribution is 6.34. The van der Waals surface area contributed by atoms with Crippen molar-refractivity contribution in [2.75, 3.05) is 24.7 Å². The zero-order valence-electron chi connectivity index (χ0n) is 18.4. The summed E-state index contributed by atoms with van der Waals surface area (Å²) in [5.74, 6) is -1.27. The van der Waals surface area contributed by atoms with Crippen LogP contribution in [-0.2, 0) is 9.53 Å². The summed E-state index contributed by atoms with van der Waals surface area (Å²) in [4.78, 5) is 50.4. The van der Waals surface area contributed by atoms with Crippen LogP contribution in [0.2, 0.25) is 0 Å². The summed E-state index contributed by atoms with van der Waals surface area (Å²) >= 11 is 0. The normalized spacial score (nSPS) is 12.3. The van der Waals surface area contributed by atoms with E-state index in [9.17, 15) is 19.2 Å². The molecule has 0 bridgehead atoms. The number of imide groups is 1. The van der Waals surface area contributed by atoms with E-state index >= 15 is 0 Å². The molecule has 3 aromatic rings. The summed E-state index contributed by atoms with van der Waals surface area (Å²) in [5, 5.41) is 2.62. The highest BCUT2D eigenvalue weighted by Gasteiger charge is 2.36. The molecule has 0 saturated carbocycles. The quantitative estimate of drug-likeness (QED) is 0.316. The number of nitrogens with zero attached hydrogens (tertiary/aromatic N) is 1. The monoisotopic (exact) mass is 458 g/mol. The Bertz CT molecular complexity index is 1220. The van der Waals surface area contributed by atoms with Gasteiger partial charge in [0.15, 0.2) is 6.61 Å². The van der Waals surface area contributed by atoms with Crippen LogP contribution in [0.15, 0.2) is 72.8 Å². The highest BCUT2D eigenvalue weighted by atomic mass is 16.5. The molecule has 34 heavy (non-hydrogen) atoms. The van der Waals surface area contributed by atoms with Crippen molar-refractivity contribution in [3.63, 3.8) is 0 Å². The number of carbonyl (C=O) groups is 4. The van der Waals surface area contributed by atoms with Crippen molar-refractivity contribution in [1.82, 2.24) is 5.32 Å². The van der Waals surface area contributed by atoms with Gasteiger partial charge in [0, 0.05) is 0 Å². The summed E-state index contributed by atoms with van der Waals surface area (Å²) in [7, 11) is 0. The fourth-order valence-electron chi connectivity index (χ4n) is 3.50. The zero-order chi connectivity index (χ0) is 24.1. The number of carbonyl (C=O) groups excluding carboxylic acids is 4. The van der Waals surface area contributed by atoms with Gasteiger partial charge in [0.2, 0.25) is 0 Å². The Kier molecular flexibility index (Phi) is 6.68. The zero-order valence-corrected chi connectivity index (χ0v) is 18.4. The number of aryl methyl sites for hydroxylation is 1. The Morgan fingerprint density at radius 2 is 1.56 bits per heavy atom. The van der Waals surface area contributed by atoms with Gasteiger partial charge in [0.1, 0.15) is 12.4 Å². The molecule has 0 spiro atoms. The molecular weight excluding hydrogens is 436 g/mol. The number of rotatable bonds is 8. The van der Waals surface area contributed by atoms with Gasteiger partial charge in [-0.3, -0.25) is 14.4 Å². The van der Waals surface area contributed by atoms with Gasteiger partial charge in [-0.05, 0) is 61.0 Å². The first-order chi connectivity index (χ1) is 16.4. The lowest BCUT2D eigenvalue weighted by atomic mass is 10.1. The van der Waals surface area contributed by atoms with Gasteiger partial charge in [-0.25, -0.2) is 9.69 Å². The molecule has 0 aliphatic carbocycles.